The number of quaternary nitrogens is 1. The van der Waals surface area contributed by atoms with E-state index < -0.39 is 0 Å². The fraction of sp³-hybridized carbons (Fsp3) is 0.348. The quantitative estimate of drug-likeness (QED) is 0.713. The number of benzene rings is 2. The molecule has 2 aliphatic rings. The molecule has 1 atom stereocenters. The molecule has 3 aromatic rings. The standard InChI is InChI=1S/C23H23NO3/c1-14-6-8-16(9-7-14)11-24-12-17-10-20-18-4-3-5-19(18)23(25)27-22(20)15(2)21(17)26-13-24/h6-10H,3-5,11-13H2,1-2H3/p+1. The summed E-state index contributed by atoms with van der Waals surface area (Å²) in [5, 5.41) is 1.11. The maximum Gasteiger partial charge on any atom is 0.339 e. The lowest BCUT2D eigenvalue weighted by atomic mass is 9.99. The Balaban J connectivity index is 1.53. The van der Waals surface area contributed by atoms with Crippen LogP contribution in [0.3, 0.4) is 0 Å². The molecule has 0 saturated heterocycles. The summed E-state index contributed by atoms with van der Waals surface area (Å²) in [6.07, 6.45) is 2.85. The number of aryl methyl sites for hydroxylation is 3. The van der Waals surface area contributed by atoms with Gasteiger partial charge in [0.05, 0.1) is 0 Å². The first kappa shape index (κ1) is 16.6. The molecule has 4 nitrogen and oxygen atoms in total. The Bertz CT molecular complexity index is 1100. The van der Waals surface area contributed by atoms with E-state index in [9.17, 15) is 4.79 Å². The van der Waals surface area contributed by atoms with Crippen LogP contribution in [0.4, 0.5) is 0 Å². The maximum atomic E-state index is 12.3. The molecule has 4 heteroatoms. The van der Waals surface area contributed by atoms with Crippen LogP contribution in [0.15, 0.2) is 39.5 Å². The van der Waals surface area contributed by atoms with Crippen molar-refractivity contribution in [2.75, 3.05) is 6.73 Å². The van der Waals surface area contributed by atoms with Crippen LogP contribution in [0.25, 0.3) is 11.0 Å². The van der Waals surface area contributed by atoms with E-state index in [0.717, 1.165) is 54.6 Å². The van der Waals surface area contributed by atoms with Crippen LogP contribution in [0.1, 0.15) is 39.8 Å². The van der Waals surface area contributed by atoms with Crippen molar-refractivity contribution >= 4 is 11.0 Å². The lowest BCUT2D eigenvalue weighted by Crippen LogP contribution is -3.10. The van der Waals surface area contributed by atoms with Gasteiger partial charge in [-0.1, -0.05) is 29.8 Å². The van der Waals surface area contributed by atoms with E-state index in [2.05, 4.69) is 37.3 Å². The Kier molecular flexibility index (Phi) is 3.83. The van der Waals surface area contributed by atoms with Crippen molar-refractivity contribution in [1.82, 2.24) is 0 Å². The molecule has 1 N–H and O–H groups in total. The molecule has 1 aromatic heterocycles. The Labute approximate surface area is 158 Å². The van der Waals surface area contributed by atoms with Gasteiger partial charge in [0.15, 0.2) is 0 Å². The number of fused-ring (bicyclic) bond motifs is 4. The largest absolute Gasteiger partial charge is 0.444 e. The molecule has 2 heterocycles. The smallest absolute Gasteiger partial charge is 0.339 e. The van der Waals surface area contributed by atoms with Crippen molar-refractivity contribution in [1.29, 1.82) is 0 Å². The van der Waals surface area contributed by atoms with Crippen LogP contribution in [0.5, 0.6) is 5.75 Å². The van der Waals surface area contributed by atoms with E-state index in [1.807, 2.05) is 6.92 Å². The monoisotopic (exact) mass is 362 g/mol. The van der Waals surface area contributed by atoms with E-state index in [0.29, 0.717) is 12.3 Å². The topological polar surface area (TPSA) is 43.9 Å². The summed E-state index contributed by atoms with van der Waals surface area (Å²) < 4.78 is 11.8. The molecule has 138 valence electrons. The molecular weight excluding hydrogens is 338 g/mol. The molecule has 1 unspecified atom stereocenters. The summed E-state index contributed by atoms with van der Waals surface area (Å²) in [7, 11) is 0. The van der Waals surface area contributed by atoms with Crippen molar-refractivity contribution in [2.45, 2.75) is 46.2 Å². The van der Waals surface area contributed by atoms with Crippen molar-refractivity contribution in [3.8, 4) is 5.75 Å². The number of nitrogens with one attached hydrogen (secondary N) is 1. The van der Waals surface area contributed by atoms with Gasteiger partial charge in [0, 0.05) is 27.6 Å². The van der Waals surface area contributed by atoms with Gasteiger partial charge in [-0.3, -0.25) is 4.90 Å². The highest BCUT2D eigenvalue weighted by Crippen LogP contribution is 2.36. The SMILES string of the molecule is Cc1ccc(C[NH+]2COc3c(cc4c5c(c(=O)oc4c3C)CCC5)C2)cc1. The number of rotatable bonds is 2. The Hall–Kier alpha value is -2.59. The van der Waals surface area contributed by atoms with E-state index in [1.54, 1.807) is 0 Å². The van der Waals surface area contributed by atoms with Crippen LogP contribution in [0.2, 0.25) is 0 Å². The third-order valence-electron chi connectivity index (χ3n) is 5.96. The lowest BCUT2D eigenvalue weighted by Gasteiger charge is -2.28. The van der Waals surface area contributed by atoms with Gasteiger partial charge in [-0.2, -0.15) is 0 Å². The molecule has 0 amide bonds. The molecule has 2 aromatic carbocycles. The highest BCUT2D eigenvalue weighted by atomic mass is 16.5. The molecule has 1 aliphatic heterocycles. The second-order valence-corrected chi connectivity index (χ2v) is 7.94. The fourth-order valence-electron chi connectivity index (χ4n) is 4.56. The average molecular weight is 362 g/mol. The number of ether oxygens (including phenoxy) is 1. The Morgan fingerprint density at radius 2 is 1.85 bits per heavy atom. The van der Waals surface area contributed by atoms with Gasteiger partial charge in [-0.15, -0.1) is 0 Å². The minimum atomic E-state index is -0.166. The van der Waals surface area contributed by atoms with Crippen LogP contribution in [0, 0.1) is 13.8 Å². The maximum absolute atomic E-state index is 12.3. The van der Waals surface area contributed by atoms with Crippen molar-refractivity contribution < 1.29 is 14.1 Å². The predicted molar refractivity (Wildman–Crippen MR) is 104 cm³/mol. The zero-order chi connectivity index (χ0) is 18.5. The molecular formula is C23H24NO3+. The molecule has 27 heavy (non-hydrogen) atoms. The van der Waals surface area contributed by atoms with Crippen LogP contribution in [-0.2, 0) is 25.9 Å². The third kappa shape index (κ3) is 2.76. The van der Waals surface area contributed by atoms with Crippen molar-refractivity contribution in [3.05, 3.63) is 74.1 Å². The van der Waals surface area contributed by atoms with E-state index in [4.69, 9.17) is 9.15 Å². The minimum Gasteiger partial charge on any atom is -0.444 e. The molecule has 0 saturated carbocycles. The van der Waals surface area contributed by atoms with Gasteiger partial charge in [0.25, 0.3) is 0 Å². The molecule has 5 rings (SSSR count). The van der Waals surface area contributed by atoms with Gasteiger partial charge in [0.1, 0.15) is 24.4 Å². The summed E-state index contributed by atoms with van der Waals surface area (Å²) >= 11 is 0. The lowest BCUT2D eigenvalue weighted by molar-refractivity contribution is -0.945. The molecule has 0 radical (unpaired) electrons. The average Bonchev–Trinajstić information content (AvgIpc) is 3.16. The summed E-state index contributed by atoms with van der Waals surface area (Å²) in [6.45, 7) is 6.62. The van der Waals surface area contributed by atoms with Gasteiger partial charge >= 0.3 is 5.63 Å². The van der Waals surface area contributed by atoms with Gasteiger partial charge in [-0.05, 0) is 44.7 Å². The van der Waals surface area contributed by atoms with E-state index >= 15 is 0 Å². The van der Waals surface area contributed by atoms with Gasteiger partial charge in [0.2, 0.25) is 6.73 Å². The normalized spacial score (nSPS) is 18.2. The van der Waals surface area contributed by atoms with Crippen LogP contribution < -0.4 is 15.3 Å². The number of hydrogen-bond donors (Lipinski definition) is 1. The van der Waals surface area contributed by atoms with Crippen LogP contribution in [-0.4, -0.2) is 6.73 Å². The van der Waals surface area contributed by atoms with Crippen molar-refractivity contribution in [2.24, 2.45) is 0 Å². The first-order valence-electron chi connectivity index (χ1n) is 9.73. The second-order valence-electron chi connectivity index (χ2n) is 7.94. The first-order valence-corrected chi connectivity index (χ1v) is 9.73. The Morgan fingerprint density at radius 3 is 2.67 bits per heavy atom. The second kappa shape index (κ2) is 6.24. The summed E-state index contributed by atoms with van der Waals surface area (Å²) in [5.74, 6) is 0.899. The zero-order valence-corrected chi connectivity index (χ0v) is 15.9. The van der Waals surface area contributed by atoms with Crippen LogP contribution >= 0.6 is 0 Å². The molecule has 0 bridgehead atoms. The van der Waals surface area contributed by atoms with Crippen molar-refractivity contribution in [3.63, 3.8) is 0 Å². The third-order valence-corrected chi connectivity index (χ3v) is 5.96. The van der Waals surface area contributed by atoms with E-state index in [-0.39, 0.29) is 5.63 Å². The van der Waals surface area contributed by atoms with E-state index in [1.165, 1.54) is 27.2 Å². The summed E-state index contributed by atoms with van der Waals surface area (Å²) in [5.41, 5.74) is 7.40. The number of hydrogen-bond acceptors (Lipinski definition) is 3. The molecule has 0 fully saturated rings. The Morgan fingerprint density at radius 1 is 1.07 bits per heavy atom. The molecule has 0 spiro atoms. The first-order chi connectivity index (χ1) is 13.1. The van der Waals surface area contributed by atoms with Gasteiger partial charge < -0.3 is 9.15 Å². The van der Waals surface area contributed by atoms with Gasteiger partial charge in [-0.25, -0.2) is 4.79 Å². The highest BCUT2D eigenvalue weighted by Gasteiger charge is 2.27. The highest BCUT2D eigenvalue weighted by molar-refractivity contribution is 5.87. The summed E-state index contributed by atoms with van der Waals surface area (Å²) in [6, 6.07) is 10.9. The minimum absolute atomic E-state index is 0.166. The predicted octanol–water partition coefficient (Wildman–Crippen LogP) is 2.83. The summed E-state index contributed by atoms with van der Waals surface area (Å²) in [4.78, 5) is 13.7. The zero-order valence-electron chi connectivity index (χ0n) is 15.9. The fourth-order valence-corrected chi connectivity index (χ4v) is 4.56. The molecule has 1 aliphatic carbocycles.